The van der Waals surface area contributed by atoms with Crippen molar-refractivity contribution in [3.8, 4) is 5.69 Å². The van der Waals surface area contributed by atoms with E-state index in [0.717, 1.165) is 5.69 Å². The number of ether oxygens (including phenoxy) is 1. The molecule has 0 saturated carbocycles. The maximum absolute atomic E-state index is 11.6. The fourth-order valence-corrected chi connectivity index (χ4v) is 1.58. The summed E-state index contributed by atoms with van der Waals surface area (Å²) in [4.78, 5) is 11.6. The average Bonchev–Trinajstić information content (AvgIpc) is 2.73. The van der Waals surface area contributed by atoms with Crippen molar-refractivity contribution in [2.75, 3.05) is 6.61 Å². The molecule has 0 aliphatic heterocycles. The number of benzene rings is 1. The first-order valence-electron chi connectivity index (χ1n) is 5.51. The van der Waals surface area contributed by atoms with Crippen LogP contribution in [0.3, 0.4) is 0 Å². The van der Waals surface area contributed by atoms with Gasteiger partial charge >= 0.3 is 5.97 Å². The van der Waals surface area contributed by atoms with E-state index >= 15 is 0 Å². The number of esters is 1. The number of nitrogens with zero attached hydrogens (tertiary/aromatic N) is 2. The van der Waals surface area contributed by atoms with Crippen LogP contribution in [0.25, 0.3) is 5.69 Å². The van der Waals surface area contributed by atoms with Gasteiger partial charge in [-0.05, 0) is 26.0 Å². The third-order valence-electron chi connectivity index (χ3n) is 2.41. The van der Waals surface area contributed by atoms with Crippen LogP contribution < -0.4 is 0 Å². The van der Waals surface area contributed by atoms with Gasteiger partial charge in [0.05, 0.1) is 18.0 Å². The number of hydrogen-bond donors (Lipinski definition) is 0. The van der Waals surface area contributed by atoms with Crippen molar-refractivity contribution in [2.24, 2.45) is 0 Å². The highest BCUT2D eigenvalue weighted by Gasteiger charge is 2.14. The van der Waals surface area contributed by atoms with E-state index < -0.39 is 0 Å². The largest absolute Gasteiger partial charge is 0.462 e. The zero-order valence-electron chi connectivity index (χ0n) is 9.88. The zero-order valence-corrected chi connectivity index (χ0v) is 9.88. The second-order valence-corrected chi connectivity index (χ2v) is 3.63. The molecule has 0 spiro atoms. The van der Waals surface area contributed by atoms with Crippen LogP contribution in [-0.4, -0.2) is 22.4 Å². The first kappa shape index (κ1) is 11.4. The van der Waals surface area contributed by atoms with Gasteiger partial charge in [-0.3, -0.25) is 0 Å². The molecule has 0 aliphatic rings. The molecule has 0 bridgehead atoms. The van der Waals surface area contributed by atoms with Crippen LogP contribution in [0.2, 0.25) is 0 Å². The Morgan fingerprint density at radius 2 is 2.06 bits per heavy atom. The minimum atomic E-state index is -0.327. The van der Waals surface area contributed by atoms with Gasteiger partial charge in [-0.15, -0.1) is 0 Å². The van der Waals surface area contributed by atoms with Gasteiger partial charge in [0, 0.05) is 6.20 Å². The quantitative estimate of drug-likeness (QED) is 0.760. The van der Waals surface area contributed by atoms with Crippen molar-refractivity contribution < 1.29 is 9.53 Å². The van der Waals surface area contributed by atoms with E-state index in [-0.39, 0.29) is 5.97 Å². The van der Waals surface area contributed by atoms with Crippen LogP contribution in [0.15, 0.2) is 36.5 Å². The van der Waals surface area contributed by atoms with Crippen LogP contribution in [-0.2, 0) is 4.74 Å². The van der Waals surface area contributed by atoms with Gasteiger partial charge in [0.15, 0.2) is 0 Å². The van der Waals surface area contributed by atoms with Crippen LogP contribution in [0.5, 0.6) is 0 Å². The molecule has 2 aromatic rings. The Morgan fingerprint density at radius 1 is 1.35 bits per heavy atom. The Kier molecular flexibility index (Phi) is 3.23. The van der Waals surface area contributed by atoms with E-state index in [2.05, 4.69) is 5.10 Å². The molecule has 4 heteroatoms. The van der Waals surface area contributed by atoms with Crippen molar-refractivity contribution in [2.45, 2.75) is 13.8 Å². The Labute approximate surface area is 99.8 Å². The number of aryl methyl sites for hydroxylation is 1. The molecule has 4 nitrogen and oxygen atoms in total. The molecule has 0 unspecified atom stereocenters. The molecular weight excluding hydrogens is 216 g/mol. The summed E-state index contributed by atoms with van der Waals surface area (Å²) in [6.45, 7) is 3.95. The molecule has 0 saturated heterocycles. The van der Waals surface area contributed by atoms with Crippen LogP contribution in [0, 0.1) is 6.92 Å². The van der Waals surface area contributed by atoms with Gasteiger partial charge in [-0.25, -0.2) is 9.48 Å². The summed E-state index contributed by atoms with van der Waals surface area (Å²) in [5, 5.41) is 4.30. The minimum absolute atomic E-state index is 0.327. The van der Waals surface area contributed by atoms with Crippen LogP contribution in [0.4, 0.5) is 0 Å². The Hall–Kier alpha value is -2.10. The predicted molar refractivity (Wildman–Crippen MR) is 64.3 cm³/mol. The van der Waals surface area contributed by atoms with Crippen LogP contribution in [0.1, 0.15) is 23.0 Å². The van der Waals surface area contributed by atoms with E-state index in [4.69, 9.17) is 4.74 Å². The molecule has 88 valence electrons. The summed E-state index contributed by atoms with van der Waals surface area (Å²) < 4.78 is 6.65. The van der Waals surface area contributed by atoms with Crippen molar-refractivity contribution >= 4 is 5.97 Å². The van der Waals surface area contributed by atoms with Gasteiger partial charge in [0.2, 0.25) is 0 Å². The highest BCUT2D eigenvalue weighted by atomic mass is 16.5. The number of rotatable bonds is 3. The molecule has 1 aromatic heterocycles. The SMILES string of the molecule is CCOC(=O)c1cn(-c2ccccc2)nc1C. The van der Waals surface area contributed by atoms with E-state index in [0.29, 0.717) is 17.9 Å². The molecular formula is C13H14N2O2. The third-order valence-corrected chi connectivity index (χ3v) is 2.41. The lowest BCUT2D eigenvalue weighted by Crippen LogP contribution is -2.04. The van der Waals surface area contributed by atoms with E-state index in [1.165, 1.54) is 0 Å². The number of aromatic nitrogens is 2. The molecule has 0 radical (unpaired) electrons. The van der Waals surface area contributed by atoms with Gasteiger partial charge in [-0.1, -0.05) is 18.2 Å². The predicted octanol–water partition coefficient (Wildman–Crippen LogP) is 2.36. The smallest absolute Gasteiger partial charge is 0.341 e. The van der Waals surface area contributed by atoms with Gasteiger partial charge in [-0.2, -0.15) is 5.10 Å². The third kappa shape index (κ3) is 2.36. The second-order valence-electron chi connectivity index (χ2n) is 3.63. The average molecular weight is 230 g/mol. The molecule has 2 rings (SSSR count). The molecule has 0 atom stereocenters. The summed E-state index contributed by atoms with van der Waals surface area (Å²) >= 11 is 0. The second kappa shape index (κ2) is 4.82. The summed E-state index contributed by atoms with van der Waals surface area (Å²) in [6.07, 6.45) is 1.70. The summed E-state index contributed by atoms with van der Waals surface area (Å²) in [7, 11) is 0. The molecule has 1 aromatic carbocycles. The number of carbonyl (C=O) groups excluding carboxylic acids is 1. The molecule has 0 fully saturated rings. The maximum atomic E-state index is 11.6. The summed E-state index contributed by atoms with van der Waals surface area (Å²) in [5.41, 5.74) is 2.11. The maximum Gasteiger partial charge on any atom is 0.341 e. The molecule has 0 N–H and O–H groups in total. The standard InChI is InChI=1S/C13H14N2O2/c1-3-17-13(16)12-9-15(14-10(12)2)11-7-5-4-6-8-11/h4-9H,3H2,1-2H3. The molecule has 1 heterocycles. The van der Waals surface area contributed by atoms with Crippen molar-refractivity contribution in [1.82, 2.24) is 9.78 Å². The van der Waals surface area contributed by atoms with E-state index in [1.807, 2.05) is 30.3 Å². The first-order chi connectivity index (χ1) is 8.22. The Morgan fingerprint density at radius 3 is 2.71 bits per heavy atom. The lowest BCUT2D eigenvalue weighted by molar-refractivity contribution is 0.0525. The van der Waals surface area contributed by atoms with Crippen molar-refractivity contribution in [3.05, 3.63) is 47.8 Å². The highest BCUT2D eigenvalue weighted by Crippen LogP contribution is 2.12. The van der Waals surface area contributed by atoms with E-state index in [1.54, 1.807) is 24.7 Å². The summed E-state index contributed by atoms with van der Waals surface area (Å²) in [5.74, 6) is -0.327. The van der Waals surface area contributed by atoms with Crippen molar-refractivity contribution in [1.29, 1.82) is 0 Å². The molecule has 0 amide bonds. The van der Waals surface area contributed by atoms with Gasteiger partial charge in [0.1, 0.15) is 5.56 Å². The monoisotopic (exact) mass is 230 g/mol. The first-order valence-corrected chi connectivity index (χ1v) is 5.51. The lowest BCUT2D eigenvalue weighted by Gasteiger charge is -1.99. The summed E-state index contributed by atoms with van der Waals surface area (Å²) in [6, 6.07) is 9.65. The van der Waals surface area contributed by atoms with E-state index in [9.17, 15) is 4.79 Å². The number of para-hydroxylation sites is 1. The highest BCUT2D eigenvalue weighted by molar-refractivity contribution is 5.90. The normalized spacial score (nSPS) is 10.2. The number of carbonyl (C=O) groups is 1. The Bertz CT molecular complexity index is 517. The fourth-order valence-electron chi connectivity index (χ4n) is 1.58. The van der Waals surface area contributed by atoms with Crippen molar-refractivity contribution in [3.63, 3.8) is 0 Å². The van der Waals surface area contributed by atoms with Gasteiger partial charge in [0.25, 0.3) is 0 Å². The molecule has 17 heavy (non-hydrogen) atoms. The topological polar surface area (TPSA) is 44.1 Å². The number of hydrogen-bond acceptors (Lipinski definition) is 3. The zero-order chi connectivity index (χ0) is 12.3. The molecule has 0 aliphatic carbocycles. The van der Waals surface area contributed by atoms with Crippen LogP contribution >= 0.6 is 0 Å². The fraction of sp³-hybridized carbons (Fsp3) is 0.231. The Balaban J connectivity index is 2.34. The van der Waals surface area contributed by atoms with Gasteiger partial charge < -0.3 is 4.74 Å². The lowest BCUT2D eigenvalue weighted by atomic mass is 10.3. The minimum Gasteiger partial charge on any atom is -0.462 e.